The predicted octanol–water partition coefficient (Wildman–Crippen LogP) is 2.39. The van der Waals surface area contributed by atoms with E-state index in [9.17, 15) is 9.90 Å². The van der Waals surface area contributed by atoms with Crippen LogP contribution in [0.15, 0.2) is 18.2 Å². The van der Waals surface area contributed by atoms with Gasteiger partial charge >= 0.3 is 0 Å². The van der Waals surface area contributed by atoms with Crippen LogP contribution in [0.4, 0.5) is 5.69 Å². The molecule has 1 atom stereocenters. The normalized spacial score (nSPS) is 11.8. The Morgan fingerprint density at radius 2 is 2.06 bits per heavy atom. The zero-order chi connectivity index (χ0) is 12.3. The van der Waals surface area contributed by atoms with E-state index in [0.29, 0.717) is 0 Å². The lowest BCUT2D eigenvalue weighted by Crippen LogP contribution is -2.39. The molecule has 0 saturated heterocycles. The summed E-state index contributed by atoms with van der Waals surface area (Å²) in [5.41, 5.74) is 5.94. The molecule has 4 nitrogen and oxygen atoms in total. The summed E-state index contributed by atoms with van der Waals surface area (Å²) in [5.74, 6) is -0.456. The Morgan fingerprint density at radius 3 is 2.59 bits per heavy atom. The second-order valence-corrected chi connectivity index (χ2v) is 4.30. The molecule has 0 heterocycles. The van der Waals surface area contributed by atoms with Crippen molar-refractivity contribution in [1.29, 1.82) is 0 Å². The average Bonchev–Trinajstić information content (AvgIpc) is 2.23. The van der Waals surface area contributed by atoms with Crippen LogP contribution in [0.2, 0.25) is 5.02 Å². The van der Waals surface area contributed by atoms with Gasteiger partial charge in [-0.05, 0) is 18.1 Å². The van der Waals surface area contributed by atoms with Gasteiger partial charge in [0.1, 0.15) is 0 Å². The number of carbonyl (C=O) groups excluding carboxylic acids is 1. The fourth-order valence-corrected chi connectivity index (χ4v) is 1.31. The lowest BCUT2D eigenvalue weighted by atomic mass is 10.0. The number of hydrogen-bond donors (Lipinski definition) is 3. The molecule has 1 aromatic carbocycles. The van der Waals surface area contributed by atoms with Gasteiger partial charge < -0.3 is 16.2 Å². The summed E-state index contributed by atoms with van der Waals surface area (Å²) in [4.78, 5) is 11.6. The van der Waals surface area contributed by atoms with Gasteiger partial charge in [-0.2, -0.15) is 0 Å². The van der Waals surface area contributed by atoms with E-state index in [2.05, 4.69) is 5.32 Å². The lowest BCUT2D eigenvalue weighted by molar-refractivity contribution is -0.118. The molecule has 0 spiro atoms. The largest absolute Gasteiger partial charge is 0.504 e. The number of para-hydroxylation sites is 1. The molecule has 0 unspecified atom stereocenters. The Kier molecular flexibility index (Phi) is 6.31. The highest BCUT2D eigenvalue weighted by molar-refractivity contribution is 6.32. The molecule has 17 heavy (non-hydrogen) atoms. The Bertz CT molecular complexity index is 397. The second kappa shape index (κ2) is 6.69. The number of halogens is 2. The highest BCUT2D eigenvalue weighted by atomic mass is 35.5. The van der Waals surface area contributed by atoms with Gasteiger partial charge in [0.05, 0.1) is 16.8 Å². The van der Waals surface area contributed by atoms with E-state index in [1.165, 1.54) is 6.07 Å². The van der Waals surface area contributed by atoms with Crippen LogP contribution in [0.25, 0.3) is 0 Å². The predicted molar refractivity (Wildman–Crippen MR) is 71.8 cm³/mol. The maximum absolute atomic E-state index is 11.6. The van der Waals surface area contributed by atoms with Crippen molar-refractivity contribution in [3.05, 3.63) is 23.2 Å². The standard InChI is InChI=1S/C11H15ClN2O2.ClH/c1-6(2)9(13)11(16)14-8-5-3-4-7(12)10(8)15;/h3-6,9,15H,13H2,1-2H3,(H,14,16);1H/t9-;/m0./s1. The van der Waals surface area contributed by atoms with Crippen LogP contribution < -0.4 is 11.1 Å². The molecule has 0 aliphatic carbocycles. The van der Waals surface area contributed by atoms with Crippen molar-refractivity contribution in [3.63, 3.8) is 0 Å². The van der Waals surface area contributed by atoms with Crippen LogP contribution in [0.3, 0.4) is 0 Å². The van der Waals surface area contributed by atoms with Crippen LogP contribution in [-0.4, -0.2) is 17.1 Å². The molecule has 96 valence electrons. The van der Waals surface area contributed by atoms with Crippen molar-refractivity contribution in [2.75, 3.05) is 5.32 Å². The maximum atomic E-state index is 11.6. The van der Waals surface area contributed by atoms with E-state index in [-0.39, 0.29) is 40.7 Å². The molecule has 0 aliphatic heterocycles. The highest BCUT2D eigenvalue weighted by Crippen LogP contribution is 2.31. The fourth-order valence-electron chi connectivity index (χ4n) is 1.14. The van der Waals surface area contributed by atoms with Crippen LogP contribution in [0.1, 0.15) is 13.8 Å². The monoisotopic (exact) mass is 278 g/mol. The summed E-state index contributed by atoms with van der Waals surface area (Å²) in [6.07, 6.45) is 0. The molecule has 4 N–H and O–H groups in total. The topological polar surface area (TPSA) is 75.4 Å². The number of hydrogen-bond acceptors (Lipinski definition) is 3. The van der Waals surface area contributed by atoms with Crippen molar-refractivity contribution < 1.29 is 9.90 Å². The van der Waals surface area contributed by atoms with Crippen molar-refractivity contribution in [1.82, 2.24) is 0 Å². The quantitative estimate of drug-likeness (QED) is 0.744. The summed E-state index contributed by atoms with van der Waals surface area (Å²) in [7, 11) is 0. The average molecular weight is 279 g/mol. The van der Waals surface area contributed by atoms with Crippen LogP contribution in [0, 0.1) is 5.92 Å². The number of rotatable bonds is 3. The molecule has 0 bridgehead atoms. The molecule has 1 amide bonds. The van der Waals surface area contributed by atoms with Gasteiger partial charge in [-0.25, -0.2) is 0 Å². The minimum Gasteiger partial charge on any atom is -0.504 e. The van der Waals surface area contributed by atoms with E-state index >= 15 is 0 Å². The summed E-state index contributed by atoms with van der Waals surface area (Å²) in [6, 6.07) is 4.12. The van der Waals surface area contributed by atoms with Gasteiger partial charge in [0.15, 0.2) is 5.75 Å². The van der Waals surface area contributed by atoms with E-state index < -0.39 is 6.04 Å². The van der Waals surface area contributed by atoms with Gasteiger partial charge in [-0.3, -0.25) is 4.79 Å². The third kappa shape index (κ3) is 4.07. The Balaban J connectivity index is 0.00000256. The molecular weight excluding hydrogens is 263 g/mol. The van der Waals surface area contributed by atoms with Gasteiger partial charge in [-0.1, -0.05) is 31.5 Å². The Labute approximate surface area is 112 Å². The van der Waals surface area contributed by atoms with Gasteiger partial charge in [0.2, 0.25) is 5.91 Å². The zero-order valence-corrected chi connectivity index (χ0v) is 11.2. The van der Waals surface area contributed by atoms with Crippen molar-refractivity contribution in [2.45, 2.75) is 19.9 Å². The van der Waals surface area contributed by atoms with Gasteiger partial charge in [0, 0.05) is 0 Å². The molecule has 6 heteroatoms. The molecular formula is C11H16Cl2N2O2. The Morgan fingerprint density at radius 1 is 1.47 bits per heavy atom. The first-order valence-corrected chi connectivity index (χ1v) is 5.35. The van der Waals surface area contributed by atoms with E-state index in [0.717, 1.165) is 0 Å². The molecule has 0 aliphatic rings. The van der Waals surface area contributed by atoms with Crippen molar-refractivity contribution in [2.24, 2.45) is 11.7 Å². The van der Waals surface area contributed by atoms with Gasteiger partial charge in [-0.15, -0.1) is 12.4 Å². The molecule has 1 aromatic rings. The minimum atomic E-state index is -0.613. The number of phenols is 1. The lowest BCUT2D eigenvalue weighted by Gasteiger charge is -2.16. The highest BCUT2D eigenvalue weighted by Gasteiger charge is 2.18. The number of benzene rings is 1. The molecule has 0 saturated carbocycles. The van der Waals surface area contributed by atoms with Crippen molar-refractivity contribution in [3.8, 4) is 5.75 Å². The number of amides is 1. The molecule has 0 aromatic heterocycles. The van der Waals surface area contributed by atoms with Crippen LogP contribution in [-0.2, 0) is 4.79 Å². The van der Waals surface area contributed by atoms with Crippen molar-refractivity contribution >= 4 is 35.6 Å². The first-order valence-electron chi connectivity index (χ1n) is 4.97. The number of nitrogens with one attached hydrogen (secondary N) is 1. The SMILES string of the molecule is CC(C)[C@H](N)C(=O)Nc1cccc(Cl)c1O.Cl. The first-order chi connectivity index (χ1) is 7.43. The van der Waals surface area contributed by atoms with Crippen LogP contribution in [0.5, 0.6) is 5.75 Å². The van der Waals surface area contributed by atoms with E-state index in [4.69, 9.17) is 17.3 Å². The summed E-state index contributed by atoms with van der Waals surface area (Å²) in [5, 5.41) is 12.3. The fraction of sp³-hybridized carbons (Fsp3) is 0.364. The summed E-state index contributed by atoms with van der Waals surface area (Å²) in [6.45, 7) is 3.70. The first kappa shape index (κ1) is 16.0. The molecule has 0 fully saturated rings. The zero-order valence-electron chi connectivity index (χ0n) is 9.61. The number of anilines is 1. The van der Waals surface area contributed by atoms with Gasteiger partial charge in [0.25, 0.3) is 0 Å². The summed E-state index contributed by atoms with van der Waals surface area (Å²) < 4.78 is 0. The number of nitrogens with two attached hydrogens (primary N) is 1. The molecule has 0 radical (unpaired) electrons. The second-order valence-electron chi connectivity index (χ2n) is 3.90. The van der Waals surface area contributed by atoms with E-state index in [1.807, 2.05) is 13.8 Å². The molecule has 1 rings (SSSR count). The number of carbonyl (C=O) groups is 1. The number of phenolic OH excluding ortho intramolecular Hbond substituents is 1. The third-order valence-electron chi connectivity index (χ3n) is 2.27. The minimum absolute atomic E-state index is 0. The number of aromatic hydroxyl groups is 1. The van der Waals surface area contributed by atoms with Crippen LogP contribution >= 0.6 is 24.0 Å². The Hall–Kier alpha value is -0.970. The van der Waals surface area contributed by atoms with E-state index in [1.54, 1.807) is 12.1 Å². The summed E-state index contributed by atoms with van der Waals surface area (Å²) >= 11 is 5.71. The maximum Gasteiger partial charge on any atom is 0.241 e. The third-order valence-corrected chi connectivity index (χ3v) is 2.57. The smallest absolute Gasteiger partial charge is 0.241 e.